The topological polar surface area (TPSA) is 64.0 Å². The molecule has 1 N–H and O–H groups in total. The Morgan fingerprint density at radius 3 is 2.50 bits per heavy atom. The molecular formula is C14H27N3O2S. The Bertz CT molecular complexity index is 533. The number of nitrogens with zero attached hydrogens (tertiary/aromatic N) is 2. The Balaban J connectivity index is 2.61. The average Bonchev–Trinajstić information content (AvgIpc) is 2.54. The first-order valence-corrected chi connectivity index (χ1v) is 9.20. The molecule has 6 heteroatoms. The molecule has 0 saturated heterocycles. The lowest BCUT2D eigenvalue weighted by Crippen LogP contribution is -2.25. The summed E-state index contributed by atoms with van der Waals surface area (Å²) in [7, 11) is -2.89. The van der Waals surface area contributed by atoms with E-state index < -0.39 is 9.84 Å². The standard InChI is InChI=1S/C14H27N3O2S/c1-11(2)15-8-7-14-12(3)16-17(13(14)4)9-6-10-20(5,18)19/h11,15H,6-10H2,1-5H3. The van der Waals surface area contributed by atoms with Crippen molar-refractivity contribution in [3.63, 3.8) is 0 Å². The van der Waals surface area contributed by atoms with Gasteiger partial charge in [-0.1, -0.05) is 13.8 Å². The molecule has 0 saturated carbocycles. The van der Waals surface area contributed by atoms with E-state index in [9.17, 15) is 8.42 Å². The first-order chi connectivity index (χ1) is 9.20. The van der Waals surface area contributed by atoms with E-state index in [-0.39, 0.29) is 5.75 Å². The third-order valence-electron chi connectivity index (χ3n) is 3.34. The fourth-order valence-corrected chi connectivity index (χ4v) is 2.93. The number of hydrogen-bond donors (Lipinski definition) is 1. The van der Waals surface area contributed by atoms with Crippen LogP contribution in [0, 0.1) is 13.8 Å². The van der Waals surface area contributed by atoms with Gasteiger partial charge in [0.25, 0.3) is 0 Å². The molecule has 0 fully saturated rings. The maximum absolute atomic E-state index is 11.1. The predicted molar refractivity (Wildman–Crippen MR) is 82.9 cm³/mol. The number of aryl methyl sites for hydroxylation is 2. The van der Waals surface area contributed by atoms with Gasteiger partial charge in [0.05, 0.1) is 11.4 Å². The summed E-state index contributed by atoms with van der Waals surface area (Å²) in [5.41, 5.74) is 3.48. The number of sulfone groups is 1. The Labute approximate surface area is 122 Å². The highest BCUT2D eigenvalue weighted by Crippen LogP contribution is 2.14. The van der Waals surface area contributed by atoms with Crippen molar-refractivity contribution in [3.05, 3.63) is 17.0 Å². The minimum absolute atomic E-state index is 0.218. The van der Waals surface area contributed by atoms with E-state index in [1.807, 2.05) is 11.6 Å². The van der Waals surface area contributed by atoms with Crippen LogP contribution in [-0.2, 0) is 22.8 Å². The minimum atomic E-state index is -2.89. The van der Waals surface area contributed by atoms with Crippen LogP contribution in [-0.4, -0.2) is 42.8 Å². The Hall–Kier alpha value is -0.880. The van der Waals surface area contributed by atoms with Gasteiger partial charge in [0.1, 0.15) is 9.84 Å². The first kappa shape index (κ1) is 17.2. The molecule has 0 aliphatic heterocycles. The smallest absolute Gasteiger partial charge is 0.147 e. The Morgan fingerprint density at radius 2 is 1.95 bits per heavy atom. The lowest BCUT2D eigenvalue weighted by Gasteiger charge is -2.08. The molecule has 0 bridgehead atoms. The summed E-state index contributed by atoms with van der Waals surface area (Å²) in [5.74, 6) is 0.218. The zero-order chi connectivity index (χ0) is 15.3. The van der Waals surface area contributed by atoms with Gasteiger partial charge in [0, 0.05) is 24.5 Å². The first-order valence-electron chi connectivity index (χ1n) is 7.14. The largest absolute Gasteiger partial charge is 0.314 e. The third-order valence-corrected chi connectivity index (χ3v) is 4.37. The van der Waals surface area contributed by atoms with Crippen molar-refractivity contribution in [2.45, 2.75) is 53.1 Å². The van der Waals surface area contributed by atoms with Crippen LogP contribution in [0.15, 0.2) is 0 Å². The molecule has 0 amide bonds. The third kappa shape index (κ3) is 5.63. The van der Waals surface area contributed by atoms with Gasteiger partial charge in [-0.3, -0.25) is 4.68 Å². The van der Waals surface area contributed by atoms with E-state index in [0.717, 1.165) is 24.4 Å². The lowest BCUT2D eigenvalue weighted by molar-refractivity contribution is 0.565. The maximum atomic E-state index is 11.1. The molecule has 1 heterocycles. The normalized spacial score (nSPS) is 12.3. The highest BCUT2D eigenvalue weighted by molar-refractivity contribution is 7.90. The molecule has 0 unspecified atom stereocenters. The van der Waals surface area contributed by atoms with Crippen molar-refractivity contribution in [1.29, 1.82) is 0 Å². The van der Waals surface area contributed by atoms with Gasteiger partial charge in [-0.05, 0) is 38.8 Å². The van der Waals surface area contributed by atoms with Crippen LogP contribution < -0.4 is 5.32 Å². The summed E-state index contributed by atoms with van der Waals surface area (Å²) in [6.45, 7) is 9.95. The van der Waals surface area contributed by atoms with Crippen molar-refractivity contribution in [1.82, 2.24) is 15.1 Å². The molecule has 0 spiro atoms. The summed E-state index contributed by atoms with van der Waals surface area (Å²) < 4.78 is 24.2. The average molecular weight is 301 g/mol. The SMILES string of the molecule is Cc1nn(CCCS(C)(=O)=O)c(C)c1CCNC(C)C. The molecule has 116 valence electrons. The van der Waals surface area contributed by atoms with Crippen molar-refractivity contribution >= 4 is 9.84 Å². The van der Waals surface area contributed by atoms with Gasteiger partial charge in [-0.15, -0.1) is 0 Å². The molecule has 1 aromatic heterocycles. The molecule has 0 aliphatic carbocycles. The summed E-state index contributed by atoms with van der Waals surface area (Å²) in [5, 5.41) is 7.93. The number of rotatable bonds is 8. The zero-order valence-corrected chi connectivity index (χ0v) is 14.0. The molecule has 5 nitrogen and oxygen atoms in total. The highest BCUT2D eigenvalue weighted by Gasteiger charge is 2.12. The molecule has 1 aromatic rings. The second-order valence-corrected chi connectivity index (χ2v) is 7.97. The maximum Gasteiger partial charge on any atom is 0.147 e. The van der Waals surface area contributed by atoms with Gasteiger partial charge in [-0.25, -0.2) is 8.42 Å². The molecule has 20 heavy (non-hydrogen) atoms. The fraction of sp³-hybridized carbons (Fsp3) is 0.786. The summed E-state index contributed by atoms with van der Waals surface area (Å²) >= 11 is 0. The molecule has 1 rings (SSSR count). The molecular weight excluding hydrogens is 274 g/mol. The summed E-state index contributed by atoms with van der Waals surface area (Å²) in [6.07, 6.45) is 2.85. The quantitative estimate of drug-likeness (QED) is 0.790. The van der Waals surface area contributed by atoms with E-state index in [0.29, 0.717) is 19.0 Å². The van der Waals surface area contributed by atoms with Gasteiger partial charge < -0.3 is 5.32 Å². The number of aromatic nitrogens is 2. The fourth-order valence-electron chi connectivity index (χ4n) is 2.28. The minimum Gasteiger partial charge on any atom is -0.314 e. The molecule has 0 aromatic carbocycles. The van der Waals surface area contributed by atoms with Gasteiger partial charge >= 0.3 is 0 Å². The van der Waals surface area contributed by atoms with E-state index in [4.69, 9.17) is 0 Å². The molecule has 0 radical (unpaired) electrons. The monoisotopic (exact) mass is 301 g/mol. The van der Waals surface area contributed by atoms with E-state index in [1.165, 1.54) is 11.8 Å². The van der Waals surface area contributed by atoms with Crippen LogP contribution in [0.25, 0.3) is 0 Å². The van der Waals surface area contributed by atoms with Crippen molar-refractivity contribution in [2.24, 2.45) is 0 Å². The lowest BCUT2D eigenvalue weighted by atomic mass is 10.1. The second-order valence-electron chi connectivity index (χ2n) is 5.71. The van der Waals surface area contributed by atoms with E-state index >= 15 is 0 Å². The molecule has 0 atom stereocenters. The van der Waals surface area contributed by atoms with Crippen LogP contribution in [0.5, 0.6) is 0 Å². The molecule has 0 aliphatic rings. The van der Waals surface area contributed by atoms with Gasteiger partial charge in [0.2, 0.25) is 0 Å². The van der Waals surface area contributed by atoms with E-state index in [1.54, 1.807) is 0 Å². The van der Waals surface area contributed by atoms with Gasteiger partial charge in [0.15, 0.2) is 0 Å². The predicted octanol–water partition coefficient (Wildman–Crippen LogP) is 1.48. The highest BCUT2D eigenvalue weighted by atomic mass is 32.2. The van der Waals surface area contributed by atoms with E-state index in [2.05, 4.69) is 31.2 Å². The van der Waals surface area contributed by atoms with Crippen LogP contribution in [0.4, 0.5) is 0 Å². The van der Waals surface area contributed by atoms with Crippen LogP contribution >= 0.6 is 0 Å². The second kappa shape index (κ2) is 7.22. The summed E-state index contributed by atoms with van der Waals surface area (Å²) in [6, 6.07) is 0.486. The summed E-state index contributed by atoms with van der Waals surface area (Å²) in [4.78, 5) is 0. The van der Waals surface area contributed by atoms with Crippen LogP contribution in [0.3, 0.4) is 0 Å². The van der Waals surface area contributed by atoms with Crippen molar-refractivity contribution < 1.29 is 8.42 Å². The number of hydrogen-bond acceptors (Lipinski definition) is 4. The van der Waals surface area contributed by atoms with Crippen LogP contribution in [0.2, 0.25) is 0 Å². The van der Waals surface area contributed by atoms with Crippen LogP contribution in [0.1, 0.15) is 37.2 Å². The van der Waals surface area contributed by atoms with Crippen molar-refractivity contribution in [3.8, 4) is 0 Å². The van der Waals surface area contributed by atoms with Gasteiger partial charge in [-0.2, -0.15) is 5.10 Å². The van der Waals surface area contributed by atoms with Crippen molar-refractivity contribution in [2.75, 3.05) is 18.6 Å². The zero-order valence-electron chi connectivity index (χ0n) is 13.2. The Kier molecular flexibility index (Phi) is 6.20. The Morgan fingerprint density at radius 1 is 1.30 bits per heavy atom. The number of nitrogens with one attached hydrogen (secondary N) is 1.